The van der Waals surface area contributed by atoms with Crippen LogP contribution >= 0.6 is 0 Å². The molecule has 0 aromatic heterocycles. The monoisotopic (exact) mass is 276 g/mol. The first-order valence-electron chi connectivity index (χ1n) is 7.27. The fourth-order valence-electron chi connectivity index (χ4n) is 2.75. The Bertz CT molecular complexity index is 445. The number of rotatable bonds is 5. The summed E-state index contributed by atoms with van der Waals surface area (Å²) in [5.74, 6) is 0.845. The largest absolute Gasteiger partial charge is 0.492 e. The SMILES string of the molecule is Cc1cc(C)cc(OCCN2CCC(C(N)=O)CC2)c1. The molecule has 2 N–H and O–H groups in total. The van der Waals surface area contributed by atoms with Crippen molar-refractivity contribution in [2.45, 2.75) is 26.7 Å². The summed E-state index contributed by atoms with van der Waals surface area (Å²) in [4.78, 5) is 13.4. The average molecular weight is 276 g/mol. The predicted octanol–water partition coefficient (Wildman–Crippen LogP) is 1.88. The number of nitrogens with two attached hydrogens (primary N) is 1. The number of aryl methyl sites for hydroxylation is 2. The van der Waals surface area contributed by atoms with Gasteiger partial charge in [0, 0.05) is 12.5 Å². The summed E-state index contributed by atoms with van der Waals surface area (Å²) in [6.45, 7) is 7.61. The topological polar surface area (TPSA) is 55.6 Å². The normalized spacial score (nSPS) is 17.1. The summed E-state index contributed by atoms with van der Waals surface area (Å²) >= 11 is 0. The number of benzene rings is 1. The van der Waals surface area contributed by atoms with E-state index in [0.717, 1.165) is 38.2 Å². The molecular weight excluding hydrogens is 252 g/mol. The molecule has 4 heteroatoms. The van der Waals surface area contributed by atoms with Gasteiger partial charge in [0.1, 0.15) is 12.4 Å². The molecule has 0 bridgehead atoms. The van der Waals surface area contributed by atoms with Gasteiger partial charge in [-0.3, -0.25) is 9.69 Å². The molecule has 0 saturated carbocycles. The highest BCUT2D eigenvalue weighted by atomic mass is 16.5. The molecule has 0 aliphatic carbocycles. The third-order valence-corrected chi connectivity index (χ3v) is 3.86. The molecule has 1 aromatic rings. The number of likely N-dealkylation sites (tertiary alicyclic amines) is 1. The molecule has 1 aliphatic heterocycles. The smallest absolute Gasteiger partial charge is 0.220 e. The molecule has 2 rings (SSSR count). The number of ether oxygens (including phenoxy) is 1. The first kappa shape index (κ1) is 14.9. The Balaban J connectivity index is 1.73. The molecule has 1 saturated heterocycles. The number of piperidine rings is 1. The van der Waals surface area contributed by atoms with E-state index in [1.807, 2.05) is 0 Å². The van der Waals surface area contributed by atoms with E-state index >= 15 is 0 Å². The van der Waals surface area contributed by atoms with Crippen LogP contribution in [0.25, 0.3) is 0 Å². The second-order valence-corrected chi connectivity index (χ2v) is 5.69. The van der Waals surface area contributed by atoms with Crippen molar-refractivity contribution >= 4 is 5.91 Å². The first-order chi connectivity index (χ1) is 9.54. The van der Waals surface area contributed by atoms with Gasteiger partial charge in [-0.05, 0) is 63.0 Å². The van der Waals surface area contributed by atoms with Crippen LogP contribution in [-0.4, -0.2) is 37.0 Å². The Hall–Kier alpha value is -1.55. The summed E-state index contributed by atoms with van der Waals surface area (Å²) in [6, 6.07) is 6.26. The first-order valence-corrected chi connectivity index (χ1v) is 7.27. The number of carbonyl (C=O) groups excluding carboxylic acids is 1. The maximum absolute atomic E-state index is 11.1. The van der Waals surface area contributed by atoms with Crippen molar-refractivity contribution in [3.05, 3.63) is 29.3 Å². The van der Waals surface area contributed by atoms with Gasteiger partial charge in [-0.1, -0.05) is 6.07 Å². The quantitative estimate of drug-likeness (QED) is 0.893. The Morgan fingerprint density at radius 3 is 2.40 bits per heavy atom. The predicted molar refractivity (Wildman–Crippen MR) is 79.8 cm³/mol. The van der Waals surface area contributed by atoms with Gasteiger partial charge < -0.3 is 10.5 Å². The Morgan fingerprint density at radius 2 is 1.85 bits per heavy atom. The highest BCUT2D eigenvalue weighted by molar-refractivity contribution is 5.76. The molecule has 110 valence electrons. The van der Waals surface area contributed by atoms with E-state index in [1.165, 1.54) is 11.1 Å². The van der Waals surface area contributed by atoms with Crippen LogP contribution in [0.1, 0.15) is 24.0 Å². The molecule has 0 spiro atoms. The Kier molecular flexibility index (Phi) is 5.01. The molecule has 20 heavy (non-hydrogen) atoms. The molecule has 1 heterocycles. The van der Waals surface area contributed by atoms with E-state index in [4.69, 9.17) is 10.5 Å². The van der Waals surface area contributed by atoms with Crippen molar-refractivity contribution in [3.63, 3.8) is 0 Å². The molecule has 4 nitrogen and oxygen atoms in total. The van der Waals surface area contributed by atoms with Gasteiger partial charge in [0.25, 0.3) is 0 Å². The molecule has 1 aromatic carbocycles. The highest BCUT2D eigenvalue weighted by Crippen LogP contribution is 2.18. The van der Waals surface area contributed by atoms with E-state index in [-0.39, 0.29) is 11.8 Å². The number of primary amides is 1. The van der Waals surface area contributed by atoms with E-state index < -0.39 is 0 Å². The molecule has 0 radical (unpaired) electrons. The standard InChI is InChI=1S/C16H24N2O2/c1-12-9-13(2)11-15(10-12)20-8-7-18-5-3-14(4-6-18)16(17)19/h9-11,14H,3-8H2,1-2H3,(H2,17,19). The van der Waals surface area contributed by atoms with Gasteiger partial charge in [0.05, 0.1) is 0 Å². The van der Waals surface area contributed by atoms with E-state index in [0.29, 0.717) is 6.61 Å². The van der Waals surface area contributed by atoms with Gasteiger partial charge in [-0.15, -0.1) is 0 Å². The number of hydrogen-bond acceptors (Lipinski definition) is 3. The maximum atomic E-state index is 11.1. The van der Waals surface area contributed by atoms with Gasteiger partial charge >= 0.3 is 0 Å². The lowest BCUT2D eigenvalue weighted by Crippen LogP contribution is -2.40. The Morgan fingerprint density at radius 1 is 1.25 bits per heavy atom. The zero-order valence-electron chi connectivity index (χ0n) is 12.4. The second kappa shape index (κ2) is 6.75. The Labute approximate surface area is 120 Å². The number of nitrogens with zero attached hydrogens (tertiary/aromatic N) is 1. The van der Waals surface area contributed by atoms with E-state index in [2.05, 4.69) is 36.9 Å². The van der Waals surface area contributed by atoms with Crippen LogP contribution in [0, 0.1) is 19.8 Å². The summed E-state index contributed by atoms with van der Waals surface area (Å²) in [5, 5.41) is 0. The molecule has 1 amide bonds. The zero-order valence-corrected chi connectivity index (χ0v) is 12.4. The fourth-order valence-corrected chi connectivity index (χ4v) is 2.75. The van der Waals surface area contributed by atoms with Crippen LogP contribution < -0.4 is 10.5 Å². The van der Waals surface area contributed by atoms with Gasteiger partial charge in [0.15, 0.2) is 0 Å². The highest BCUT2D eigenvalue weighted by Gasteiger charge is 2.22. The molecule has 0 unspecified atom stereocenters. The molecule has 0 atom stereocenters. The third kappa shape index (κ3) is 4.23. The summed E-state index contributed by atoms with van der Waals surface area (Å²) in [6.07, 6.45) is 1.75. The van der Waals surface area contributed by atoms with Crippen molar-refractivity contribution in [2.75, 3.05) is 26.2 Å². The lowest BCUT2D eigenvalue weighted by atomic mass is 9.96. The van der Waals surface area contributed by atoms with Crippen LogP contribution in [0.15, 0.2) is 18.2 Å². The van der Waals surface area contributed by atoms with Crippen LogP contribution in [0.5, 0.6) is 5.75 Å². The van der Waals surface area contributed by atoms with Crippen LogP contribution in [0.4, 0.5) is 0 Å². The summed E-state index contributed by atoms with van der Waals surface area (Å²) in [5.41, 5.74) is 7.78. The summed E-state index contributed by atoms with van der Waals surface area (Å²) < 4.78 is 5.81. The van der Waals surface area contributed by atoms with Crippen LogP contribution in [0.2, 0.25) is 0 Å². The molecular formula is C16H24N2O2. The van der Waals surface area contributed by atoms with Crippen LogP contribution in [-0.2, 0) is 4.79 Å². The van der Waals surface area contributed by atoms with Crippen molar-refractivity contribution < 1.29 is 9.53 Å². The number of hydrogen-bond donors (Lipinski definition) is 1. The lowest BCUT2D eigenvalue weighted by Gasteiger charge is -2.30. The summed E-state index contributed by atoms with van der Waals surface area (Å²) in [7, 11) is 0. The second-order valence-electron chi connectivity index (χ2n) is 5.69. The minimum Gasteiger partial charge on any atom is -0.492 e. The van der Waals surface area contributed by atoms with Crippen molar-refractivity contribution in [1.82, 2.24) is 4.90 Å². The van der Waals surface area contributed by atoms with Crippen LogP contribution in [0.3, 0.4) is 0 Å². The van der Waals surface area contributed by atoms with Gasteiger partial charge in [-0.25, -0.2) is 0 Å². The minimum absolute atomic E-state index is 0.0617. The number of amides is 1. The van der Waals surface area contributed by atoms with Crippen molar-refractivity contribution in [1.29, 1.82) is 0 Å². The van der Waals surface area contributed by atoms with Gasteiger partial charge in [-0.2, -0.15) is 0 Å². The van der Waals surface area contributed by atoms with Gasteiger partial charge in [0.2, 0.25) is 5.91 Å². The van der Waals surface area contributed by atoms with Crippen molar-refractivity contribution in [2.24, 2.45) is 11.7 Å². The van der Waals surface area contributed by atoms with E-state index in [1.54, 1.807) is 0 Å². The molecule has 1 aliphatic rings. The lowest BCUT2D eigenvalue weighted by molar-refractivity contribution is -0.123. The molecule has 1 fully saturated rings. The average Bonchev–Trinajstić information content (AvgIpc) is 2.38. The zero-order chi connectivity index (χ0) is 14.5. The minimum atomic E-state index is -0.156. The third-order valence-electron chi connectivity index (χ3n) is 3.86. The van der Waals surface area contributed by atoms with Crippen molar-refractivity contribution in [3.8, 4) is 5.75 Å². The van der Waals surface area contributed by atoms with E-state index in [9.17, 15) is 4.79 Å². The number of carbonyl (C=O) groups is 1. The maximum Gasteiger partial charge on any atom is 0.220 e. The fraction of sp³-hybridized carbons (Fsp3) is 0.562.